The summed E-state index contributed by atoms with van der Waals surface area (Å²) in [7, 11) is 1.90. The van der Waals surface area contributed by atoms with Crippen LogP contribution in [-0.4, -0.2) is 7.05 Å². The minimum absolute atomic E-state index is 0.191. The average molecular weight is 301 g/mol. The first-order valence-corrected chi connectivity index (χ1v) is 7.12. The Labute approximate surface area is 130 Å². The lowest BCUT2D eigenvalue weighted by molar-refractivity contribution is 0.482. The van der Waals surface area contributed by atoms with Crippen molar-refractivity contribution in [1.29, 1.82) is 5.26 Å². The van der Waals surface area contributed by atoms with Crippen LogP contribution >= 0.6 is 11.6 Å². The molecule has 1 atom stereocenters. The van der Waals surface area contributed by atoms with Crippen LogP contribution in [0.3, 0.4) is 0 Å². The van der Waals surface area contributed by atoms with Crippen LogP contribution in [0.1, 0.15) is 24.1 Å². The van der Waals surface area contributed by atoms with E-state index in [0.29, 0.717) is 17.2 Å². The van der Waals surface area contributed by atoms with Crippen LogP contribution in [0.15, 0.2) is 42.5 Å². The van der Waals surface area contributed by atoms with Gasteiger partial charge < -0.3 is 10.1 Å². The number of benzene rings is 2. The molecule has 1 unspecified atom stereocenters. The molecule has 0 aliphatic carbocycles. The van der Waals surface area contributed by atoms with Crippen molar-refractivity contribution in [3.8, 4) is 17.6 Å². The zero-order chi connectivity index (χ0) is 15.2. The first-order chi connectivity index (χ1) is 10.1. The van der Waals surface area contributed by atoms with Crippen molar-refractivity contribution < 1.29 is 4.74 Å². The third kappa shape index (κ3) is 3.98. The molecular formula is C17H17ClN2O. The van der Waals surface area contributed by atoms with Crippen molar-refractivity contribution in [3.63, 3.8) is 0 Å². The predicted octanol–water partition coefficient (Wildman–Crippen LogP) is 4.48. The number of nitriles is 1. The number of ether oxygens (including phenoxy) is 1. The summed E-state index contributed by atoms with van der Waals surface area (Å²) in [5, 5.41) is 12.5. The molecule has 0 aliphatic heterocycles. The van der Waals surface area contributed by atoms with E-state index in [9.17, 15) is 0 Å². The molecule has 0 spiro atoms. The van der Waals surface area contributed by atoms with E-state index in [1.165, 1.54) is 0 Å². The van der Waals surface area contributed by atoms with Crippen molar-refractivity contribution in [3.05, 3.63) is 58.6 Å². The monoisotopic (exact) mass is 300 g/mol. The molecule has 0 aromatic heterocycles. The van der Waals surface area contributed by atoms with Gasteiger partial charge in [-0.05, 0) is 49.4 Å². The summed E-state index contributed by atoms with van der Waals surface area (Å²) < 4.78 is 5.77. The number of halogens is 1. The van der Waals surface area contributed by atoms with Crippen molar-refractivity contribution in [2.24, 2.45) is 0 Å². The first kappa shape index (κ1) is 15.4. The van der Waals surface area contributed by atoms with Crippen LogP contribution in [-0.2, 0) is 6.42 Å². The highest BCUT2D eigenvalue weighted by atomic mass is 35.5. The number of nitrogens with zero attached hydrogens (tertiary/aromatic N) is 1. The lowest BCUT2D eigenvalue weighted by Crippen LogP contribution is -2.12. The summed E-state index contributed by atoms with van der Waals surface area (Å²) in [5.41, 5.74) is 2.01. The van der Waals surface area contributed by atoms with Crippen LogP contribution in [0.2, 0.25) is 5.02 Å². The van der Waals surface area contributed by atoms with Crippen LogP contribution < -0.4 is 10.1 Å². The molecule has 21 heavy (non-hydrogen) atoms. The van der Waals surface area contributed by atoms with Gasteiger partial charge in [-0.1, -0.05) is 29.8 Å². The van der Waals surface area contributed by atoms with Gasteiger partial charge in [0.25, 0.3) is 0 Å². The Hall–Kier alpha value is -2.02. The van der Waals surface area contributed by atoms with Gasteiger partial charge in [-0.3, -0.25) is 0 Å². The third-order valence-electron chi connectivity index (χ3n) is 3.31. The van der Waals surface area contributed by atoms with Gasteiger partial charge in [-0.2, -0.15) is 5.26 Å². The van der Waals surface area contributed by atoms with E-state index in [1.807, 2.05) is 49.5 Å². The molecule has 0 amide bonds. The van der Waals surface area contributed by atoms with E-state index in [1.54, 1.807) is 0 Å². The van der Waals surface area contributed by atoms with E-state index in [4.69, 9.17) is 21.6 Å². The maximum absolute atomic E-state index is 8.64. The fourth-order valence-corrected chi connectivity index (χ4v) is 2.31. The Bertz CT molecular complexity index is 647. The molecule has 3 nitrogen and oxygen atoms in total. The highest BCUT2D eigenvalue weighted by Crippen LogP contribution is 2.29. The van der Waals surface area contributed by atoms with Crippen molar-refractivity contribution in [2.75, 3.05) is 7.05 Å². The third-order valence-corrected chi connectivity index (χ3v) is 3.64. The highest BCUT2D eigenvalue weighted by Gasteiger charge is 2.09. The minimum Gasteiger partial charge on any atom is -0.457 e. The molecule has 0 heterocycles. The van der Waals surface area contributed by atoms with E-state index in [0.717, 1.165) is 16.9 Å². The molecular weight excluding hydrogens is 284 g/mol. The second-order valence-electron chi connectivity index (χ2n) is 4.77. The molecule has 4 heteroatoms. The van der Waals surface area contributed by atoms with E-state index < -0.39 is 0 Å². The molecule has 2 rings (SSSR count). The largest absolute Gasteiger partial charge is 0.457 e. The zero-order valence-corrected chi connectivity index (χ0v) is 12.8. The van der Waals surface area contributed by atoms with Crippen LogP contribution in [0.5, 0.6) is 11.5 Å². The number of nitrogens with one attached hydrogen (secondary N) is 1. The number of rotatable bonds is 5. The van der Waals surface area contributed by atoms with E-state index in [2.05, 4.69) is 18.3 Å². The van der Waals surface area contributed by atoms with Gasteiger partial charge in [0.2, 0.25) is 0 Å². The van der Waals surface area contributed by atoms with Crippen molar-refractivity contribution in [1.82, 2.24) is 5.32 Å². The lowest BCUT2D eigenvalue weighted by atomic mass is 10.1. The number of hydrogen-bond acceptors (Lipinski definition) is 3. The normalized spacial score (nSPS) is 11.7. The Morgan fingerprint density at radius 2 is 1.86 bits per heavy atom. The van der Waals surface area contributed by atoms with Gasteiger partial charge in [0.15, 0.2) is 0 Å². The summed E-state index contributed by atoms with van der Waals surface area (Å²) in [4.78, 5) is 0. The first-order valence-electron chi connectivity index (χ1n) is 6.74. The molecule has 0 radical (unpaired) electrons. The Morgan fingerprint density at radius 3 is 2.43 bits per heavy atom. The van der Waals surface area contributed by atoms with Gasteiger partial charge in [-0.25, -0.2) is 0 Å². The average Bonchev–Trinajstić information content (AvgIpc) is 2.49. The summed E-state index contributed by atoms with van der Waals surface area (Å²) >= 11 is 6.28. The highest BCUT2D eigenvalue weighted by molar-refractivity contribution is 6.31. The van der Waals surface area contributed by atoms with Crippen molar-refractivity contribution >= 4 is 11.6 Å². The predicted molar refractivity (Wildman–Crippen MR) is 84.8 cm³/mol. The summed E-state index contributed by atoms with van der Waals surface area (Å²) in [6.45, 7) is 2.05. The van der Waals surface area contributed by atoms with Gasteiger partial charge in [-0.15, -0.1) is 0 Å². The maximum atomic E-state index is 8.64. The second kappa shape index (κ2) is 7.12. The van der Waals surface area contributed by atoms with E-state index >= 15 is 0 Å². The lowest BCUT2D eigenvalue weighted by Gasteiger charge is -2.14. The standard InChI is InChI=1S/C17H17ClN2O/c1-12(20-2)16-8-7-15(11-17(16)18)21-14-5-3-13(4-6-14)9-10-19/h3-8,11-12,20H,9H2,1-2H3. The van der Waals surface area contributed by atoms with E-state index in [-0.39, 0.29) is 6.04 Å². The minimum atomic E-state index is 0.191. The quantitative estimate of drug-likeness (QED) is 0.885. The fraction of sp³-hybridized carbons (Fsp3) is 0.235. The van der Waals surface area contributed by atoms with Gasteiger partial charge >= 0.3 is 0 Å². The molecule has 2 aromatic carbocycles. The molecule has 0 saturated heterocycles. The molecule has 2 aromatic rings. The van der Waals surface area contributed by atoms with Crippen LogP contribution in [0.25, 0.3) is 0 Å². The van der Waals surface area contributed by atoms with Gasteiger partial charge in [0.1, 0.15) is 11.5 Å². The van der Waals surface area contributed by atoms with Crippen molar-refractivity contribution in [2.45, 2.75) is 19.4 Å². The second-order valence-corrected chi connectivity index (χ2v) is 5.18. The summed E-state index contributed by atoms with van der Waals surface area (Å²) in [6, 6.07) is 15.5. The maximum Gasteiger partial charge on any atom is 0.128 e. The fourth-order valence-electron chi connectivity index (χ4n) is 1.98. The number of hydrogen-bond donors (Lipinski definition) is 1. The molecule has 0 aliphatic rings. The van der Waals surface area contributed by atoms with Crippen LogP contribution in [0, 0.1) is 11.3 Å². The van der Waals surface area contributed by atoms with Gasteiger partial charge in [0, 0.05) is 11.1 Å². The zero-order valence-electron chi connectivity index (χ0n) is 12.1. The summed E-state index contributed by atoms with van der Waals surface area (Å²) in [6.07, 6.45) is 0.405. The molecule has 0 fully saturated rings. The molecule has 0 saturated carbocycles. The molecule has 0 bridgehead atoms. The van der Waals surface area contributed by atoms with Crippen LogP contribution in [0.4, 0.5) is 0 Å². The topological polar surface area (TPSA) is 45.0 Å². The summed E-state index contributed by atoms with van der Waals surface area (Å²) in [5.74, 6) is 1.42. The Morgan fingerprint density at radius 1 is 1.19 bits per heavy atom. The Balaban J connectivity index is 2.13. The van der Waals surface area contributed by atoms with Gasteiger partial charge in [0.05, 0.1) is 12.5 Å². The SMILES string of the molecule is CNC(C)c1ccc(Oc2ccc(CC#N)cc2)cc1Cl. The smallest absolute Gasteiger partial charge is 0.128 e. The molecule has 1 N–H and O–H groups in total. The molecule has 108 valence electrons. The Kier molecular flexibility index (Phi) is 5.21.